The first kappa shape index (κ1) is 13.9. The van der Waals surface area contributed by atoms with Crippen LogP contribution in [0.3, 0.4) is 0 Å². The van der Waals surface area contributed by atoms with Crippen LogP contribution < -0.4 is 0 Å². The second-order valence-electron chi connectivity index (χ2n) is 3.49. The van der Waals surface area contributed by atoms with Crippen molar-refractivity contribution in [2.45, 2.75) is 24.7 Å². The monoisotopic (exact) mass is 354 g/mol. The van der Waals surface area contributed by atoms with Crippen LogP contribution in [0.25, 0.3) is 0 Å². The van der Waals surface area contributed by atoms with E-state index in [1.165, 1.54) is 0 Å². The molecule has 1 aromatic rings. The Kier molecular flexibility index (Phi) is 5.71. The summed E-state index contributed by atoms with van der Waals surface area (Å²) in [7, 11) is -3.56. The molecule has 0 heterocycles. The third-order valence-electron chi connectivity index (χ3n) is 2.08. The van der Waals surface area contributed by atoms with Crippen LogP contribution in [0.5, 0.6) is 0 Å². The van der Waals surface area contributed by atoms with Crippen LogP contribution in [0.2, 0.25) is 0 Å². The zero-order valence-corrected chi connectivity index (χ0v) is 12.1. The Hall–Kier alpha value is -0.140. The maximum absolute atomic E-state index is 11.7. The number of halogens is 1. The fourth-order valence-electron chi connectivity index (χ4n) is 1.14. The highest BCUT2D eigenvalue weighted by Gasteiger charge is 2.13. The summed E-state index contributed by atoms with van der Waals surface area (Å²) in [5.74, 6) is 0. The van der Waals surface area contributed by atoms with Crippen LogP contribution in [0, 0.1) is 6.92 Å². The lowest BCUT2D eigenvalue weighted by atomic mass is 10.2. The van der Waals surface area contributed by atoms with Crippen molar-refractivity contribution in [2.75, 3.05) is 11.0 Å². The van der Waals surface area contributed by atoms with Crippen molar-refractivity contribution in [3.63, 3.8) is 0 Å². The standard InChI is InChI=1S/C11H15IO3S/c1-10-4-6-11(7-5-10)16(13,14)15-9-3-2-8-12/h4-7H,2-3,8-9H2,1H3. The molecule has 0 radical (unpaired) electrons. The third kappa shape index (κ3) is 4.39. The zero-order chi connectivity index (χ0) is 12.0. The van der Waals surface area contributed by atoms with Gasteiger partial charge in [0.2, 0.25) is 0 Å². The van der Waals surface area contributed by atoms with Gasteiger partial charge < -0.3 is 0 Å². The van der Waals surface area contributed by atoms with Crippen LogP contribution in [-0.4, -0.2) is 19.5 Å². The van der Waals surface area contributed by atoms with E-state index in [0.717, 1.165) is 22.8 Å². The predicted octanol–water partition coefficient (Wildman–Crippen LogP) is 2.92. The molecule has 1 aromatic carbocycles. The quantitative estimate of drug-likeness (QED) is 0.342. The van der Waals surface area contributed by atoms with E-state index in [4.69, 9.17) is 4.18 Å². The van der Waals surface area contributed by atoms with Gasteiger partial charge in [0, 0.05) is 0 Å². The predicted molar refractivity (Wildman–Crippen MR) is 72.4 cm³/mol. The Bertz CT molecular complexity index is 411. The first-order valence-corrected chi connectivity index (χ1v) is 8.02. The van der Waals surface area contributed by atoms with Gasteiger partial charge in [0.05, 0.1) is 11.5 Å². The molecule has 0 bridgehead atoms. The van der Waals surface area contributed by atoms with Crippen LogP contribution in [-0.2, 0) is 14.3 Å². The van der Waals surface area contributed by atoms with Gasteiger partial charge in [-0.2, -0.15) is 8.42 Å². The molecule has 16 heavy (non-hydrogen) atoms. The molecule has 0 saturated carbocycles. The van der Waals surface area contributed by atoms with E-state index in [1.54, 1.807) is 24.3 Å². The highest BCUT2D eigenvalue weighted by Crippen LogP contribution is 2.13. The van der Waals surface area contributed by atoms with E-state index in [-0.39, 0.29) is 11.5 Å². The summed E-state index contributed by atoms with van der Waals surface area (Å²) in [6.07, 6.45) is 1.75. The van der Waals surface area contributed by atoms with Gasteiger partial charge in [-0.05, 0) is 36.3 Å². The van der Waals surface area contributed by atoms with Gasteiger partial charge >= 0.3 is 0 Å². The van der Waals surface area contributed by atoms with Gasteiger partial charge in [0.15, 0.2) is 0 Å². The van der Waals surface area contributed by atoms with Crippen LogP contribution in [0.4, 0.5) is 0 Å². The molecule has 0 aromatic heterocycles. The highest BCUT2D eigenvalue weighted by molar-refractivity contribution is 14.1. The zero-order valence-electron chi connectivity index (χ0n) is 9.15. The maximum Gasteiger partial charge on any atom is 0.296 e. The molecule has 0 amide bonds. The van der Waals surface area contributed by atoms with E-state index >= 15 is 0 Å². The number of benzene rings is 1. The molecule has 0 atom stereocenters. The summed E-state index contributed by atoms with van der Waals surface area (Å²) >= 11 is 2.26. The van der Waals surface area contributed by atoms with E-state index in [9.17, 15) is 8.42 Å². The summed E-state index contributed by atoms with van der Waals surface area (Å²) in [5.41, 5.74) is 1.03. The van der Waals surface area contributed by atoms with E-state index in [1.807, 2.05) is 6.92 Å². The average molecular weight is 354 g/mol. The number of unbranched alkanes of at least 4 members (excludes halogenated alkanes) is 1. The molecule has 3 nitrogen and oxygen atoms in total. The summed E-state index contributed by atoms with van der Waals surface area (Å²) in [6.45, 7) is 2.18. The van der Waals surface area contributed by atoms with Crippen molar-refractivity contribution >= 4 is 32.7 Å². The molecule has 0 N–H and O–H groups in total. The summed E-state index contributed by atoms with van der Waals surface area (Å²) < 4.78 is 29.3. The van der Waals surface area contributed by atoms with Crippen LogP contribution >= 0.6 is 22.6 Å². The maximum atomic E-state index is 11.7. The average Bonchev–Trinajstić information content (AvgIpc) is 2.25. The highest BCUT2D eigenvalue weighted by atomic mass is 127. The van der Waals surface area contributed by atoms with Crippen LogP contribution in [0.1, 0.15) is 18.4 Å². The Morgan fingerprint density at radius 3 is 2.38 bits per heavy atom. The van der Waals surface area contributed by atoms with Crippen molar-refractivity contribution < 1.29 is 12.6 Å². The fourth-order valence-corrected chi connectivity index (χ4v) is 2.62. The molecule has 0 aliphatic heterocycles. The minimum Gasteiger partial charge on any atom is -0.266 e. The van der Waals surface area contributed by atoms with Crippen molar-refractivity contribution in [2.24, 2.45) is 0 Å². The molecule has 0 saturated heterocycles. The topological polar surface area (TPSA) is 43.4 Å². The van der Waals surface area contributed by atoms with Crippen molar-refractivity contribution in [1.82, 2.24) is 0 Å². The Balaban J connectivity index is 2.60. The molecule has 0 spiro atoms. The normalized spacial score (nSPS) is 11.6. The largest absolute Gasteiger partial charge is 0.296 e. The molecule has 5 heteroatoms. The van der Waals surface area contributed by atoms with E-state index < -0.39 is 10.1 Å². The second-order valence-corrected chi connectivity index (χ2v) is 6.18. The van der Waals surface area contributed by atoms with Gasteiger partial charge in [0.1, 0.15) is 0 Å². The summed E-state index contributed by atoms with van der Waals surface area (Å²) in [6, 6.07) is 6.67. The van der Waals surface area contributed by atoms with Crippen molar-refractivity contribution in [3.8, 4) is 0 Å². The van der Waals surface area contributed by atoms with Gasteiger partial charge in [0.25, 0.3) is 10.1 Å². The fraction of sp³-hybridized carbons (Fsp3) is 0.455. The summed E-state index contributed by atoms with van der Waals surface area (Å²) in [4.78, 5) is 0.229. The molecular weight excluding hydrogens is 339 g/mol. The Labute approximate surface area is 110 Å². The van der Waals surface area contributed by atoms with Crippen LogP contribution in [0.15, 0.2) is 29.2 Å². The number of hydrogen-bond acceptors (Lipinski definition) is 3. The molecule has 0 unspecified atom stereocenters. The second kappa shape index (κ2) is 6.56. The smallest absolute Gasteiger partial charge is 0.266 e. The van der Waals surface area contributed by atoms with E-state index in [0.29, 0.717) is 0 Å². The Morgan fingerprint density at radius 2 is 1.81 bits per heavy atom. The third-order valence-corrected chi connectivity index (χ3v) is 4.17. The molecule has 0 fully saturated rings. The number of hydrogen-bond donors (Lipinski definition) is 0. The van der Waals surface area contributed by atoms with Crippen molar-refractivity contribution in [3.05, 3.63) is 29.8 Å². The lowest BCUT2D eigenvalue weighted by Crippen LogP contribution is -2.07. The van der Waals surface area contributed by atoms with Crippen molar-refractivity contribution in [1.29, 1.82) is 0 Å². The molecule has 1 rings (SSSR count). The van der Waals surface area contributed by atoms with Gasteiger partial charge in [-0.15, -0.1) is 0 Å². The lowest BCUT2D eigenvalue weighted by molar-refractivity contribution is 0.311. The molecule has 0 aliphatic rings. The van der Waals surface area contributed by atoms with Gasteiger partial charge in [-0.1, -0.05) is 40.3 Å². The first-order valence-electron chi connectivity index (χ1n) is 5.08. The van der Waals surface area contributed by atoms with E-state index in [2.05, 4.69) is 22.6 Å². The number of alkyl halides is 1. The minimum absolute atomic E-state index is 0.229. The number of rotatable bonds is 6. The number of aryl methyl sites for hydroxylation is 1. The molecular formula is C11H15IO3S. The SMILES string of the molecule is Cc1ccc(S(=O)(=O)OCCCCI)cc1. The Morgan fingerprint density at radius 1 is 1.19 bits per heavy atom. The summed E-state index contributed by atoms with van der Waals surface area (Å²) in [5, 5.41) is 0. The van der Waals surface area contributed by atoms with Gasteiger partial charge in [-0.3, -0.25) is 4.18 Å². The molecule has 0 aliphatic carbocycles. The minimum atomic E-state index is -3.56. The lowest BCUT2D eigenvalue weighted by Gasteiger charge is -2.05. The van der Waals surface area contributed by atoms with Gasteiger partial charge in [-0.25, -0.2) is 0 Å². The first-order chi connectivity index (χ1) is 7.56. The molecule has 90 valence electrons.